The van der Waals surface area contributed by atoms with Crippen molar-refractivity contribution in [2.45, 2.75) is 13.3 Å². The molecule has 3 rings (SSSR count). The highest BCUT2D eigenvalue weighted by atomic mass is 32.1. The average molecular weight is 370 g/mol. The highest BCUT2D eigenvalue weighted by Gasteiger charge is 2.41. The van der Waals surface area contributed by atoms with Crippen LogP contribution in [0.4, 0.5) is 5.69 Å². The fourth-order valence-corrected chi connectivity index (χ4v) is 3.73. The van der Waals surface area contributed by atoms with Crippen molar-refractivity contribution in [1.82, 2.24) is 4.90 Å². The van der Waals surface area contributed by atoms with Gasteiger partial charge in [0.1, 0.15) is 5.70 Å². The molecule has 2 heterocycles. The maximum atomic E-state index is 13.1. The van der Waals surface area contributed by atoms with Crippen molar-refractivity contribution in [3.63, 3.8) is 0 Å². The van der Waals surface area contributed by atoms with Crippen molar-refractivity contribution in [2.24, 2.45) is 0 Å². The SMILES string of the molecule is CCOCCCN1C(=O)C(c2cccs2)=C(N(C)c2ccccc2)C1=O. The van der Waals surface area contributed by atoms with Crippen LogP contribution in [0.1, 0.15) is 18.2 Å². The summed E-state index contributed by atoms with van der Waals surface area (Å²) in [5.74, 6) is -0.479. The van der Waals surface area contributed by atoms with E-state index in [4.69, 9.17) is 4.74 Å². The third kappa shape index (κ3) is 3.57. The predicted octanol–water partition coefficient (Wildman–Crippen LogP) is 3.39. The second-order valence-corrected chi connectivity index (χ2v) is 6.86. The van der Waals surface area contributed by atoms with Gasteiger partial charge in [-0.05, 0) is 36.9 Å². The summed E-state index contributed by atoms with van der Waals surface area (Å²) in [5.41, 5.74) is 1.78. The van der Waals surface area contributed by atoms with Crippen molar-refractivity contribution in [2.75, 3.05) is 31.7 Å². The summed E-state index contributed by atoms with van der Waals surface area (Å²) in [6, 6.07) is 13.4. The van der Waals surface area contributed by atoms with E-state index in [-0.39, 0.29) is 11.8 Å². The molecule has 0 spiro atoms. The number of nitrogens with zero attached hydrogens (tertiary/aromatic N) is 2. The molecule has 1 aromatic heterocycles. The van der Waals surface area contributed by atoms with Crippen LogP contribution in [0.15, 0.2) is 53.5 Å². The van der Waals surface area contributed by atoms with Gasteiger partial charge in [-0.25, -0.2) is 0 Å². The minimum atomic E-state index is -0.249. The lowest BCUT2D eigenvalue weighted by Gasteiger charge is -2.21. The Bertz CT molecular complexity index is 800. The fraction of sp³-hybridized carbons (Fsp3) is 0.300. The number of likely N-dealkylation sites (N-methyl/N-ethyl adjacent to an activating group) is 1. The molecule has 0 atom stereocenters. The van der Waals surface area contributed by atoms with E-state index < -0.39 is 0 Å². The van der Waals surface area contributed by atoms with E-state index in [1.165, 1.54) is 16.2 Å². The zero-order valence-corrected chi connectivity index (χ0v) is 15.8. The lowest BCUT2D eigenvalue weighted by atomic mass is 10.1. The molecule has 0 aliphatic carbocycles. The van der Waals surface area contributed by atoms with E-state index in [0.717, 1.165) is 10.6 Å². The number of para-hydroxylation sites is 1. The maximum Gasteiger partial charge on any atom is 0.278 e. The number of imide groups is 1. The van der Waals surface area contributed by atoms with E-state index in [0.29, 0.717) is 37.4 Å². The molecule has 136 valence electrons. The molecule has 0 N–H and O–H groups in total. The molecule has 0 unspecified atom stereocenters. The van der Waals surface area contributed by atoms with Crippen LogP contribution in [0.5, 0.6) is 0 Å². The third-order valence-corrected chi connectivity index (χ3v) is 5.15. The number of hydrogen-bond acceptors (Lipinski definition) is 5. The molecule has 0 saturated heterocycles. The van der Waals surface area contributed by atoms with Crippen LogP contribution in [0, 0.1) is 0 Å². The smallest absolute Gasteiger partial charge is 0.278 e. The highest BCUT2D eigenvalue weighted by molar-refractivity contribution is 7.11. The molecule has 5 nitrogen and oxygen atoms in total. The summed E-state index contributed by atoms with van der Waals surface area (Å²) in [5, 5.41) is 1.91. The number of hydrogen-bond donors (Lipinski definition) is 0. The molecule has 0 saturated carbocycles. The summed E-state index contributed by atoms with van der Waals surface area (Å²) in [6.45, 7) is 3.45. The van der Waals surface area contributed by atoms with E-state index >= 15 is 0 Å². The van der Waals surface area contributed by atoms with Crippen LogP contribution < -0.4 is 4.90 Å². The lowest BCUT2D eigenvalue weighted by Crippen LogP contribution is -2.35. The van der Waals surface area contributed by atoms with Crippen molar-refractivity contribution in [3.05, 3.63) is 58.4 Å². The first-order valence-corrected chi connectivity index (χ1v) is 9.54. The highest BCUT2D eigenvalue weighted by Crippen LogP contribution is 2.35. The Hall–Kier alpha value is -2.44. The van der Waals surface area contributed by atoms with Gasteiger partial charge < -0.3 is 9.64 Å². The van der Waals surface area contributed by atoms with Gasteiger partial charge >= 0.3 is 0 Å². The first-order valence-electron chi connectivity index (χ1n) is 8.66. The third-order valence-electron chi connectivity index (χ3n) is 4.26. The standard InChI is InChI=1S/C20H22N2O3S/c1-3-25-13-8-12-22-19(23)17(16-11-7-14-26-16)18(20(22)24)21(2)15-9-5-4-6-10-15/h4-7,9-11,14H,3,8,12-13H2,1-2H3. The lowest BCUT2D eigenvalue weighted by molar-refractivity contribution is -0.137. The van der Waals surface area contributed by atoms with Gasteiger partial charge in [0.25, 0.3) is 11.8 Å². The predicted molar refractivity (Wildman–Crippen MR) is 104 cm³/mol. The molecular weight excluding hydrogens is 348 g/mol. The van der Waals surface area contributed by atoms with Crippen LogP contribution in [0.2, 0.25) is 0 Å². The topological polar surface area (TPSA) is 49.9 Å². The zero-order valence-electron chi connectivity index (χ0n) is 15.0. The molecule has 1 aliphatic rings. The van der Waals surface area contributed by atoms with Crippen LogP contribution in [-0.2, 0) is 14.3 Å². The molecule has 0 radical (unpaired) electrons. The minimum absolute atomic E-state index is 0.230. The Labute approximate surface area is 157 Å². The normalized spacial score (nSPS) is 14.5. The quantitative estimate of drug-likeness (QED) is 0.528. The Balaban J connectivity index is 1.93. The summed E-state index contributed by atoms with van der Waals surface area (Å²) in [7, 11) is 1.83. The minimum Gasteiger partial charge on any atom is -0.382 e. The summed E-state index contributed by atoms with van der Waals surface area (Å²) >= 11 is 1.47. The van der Waals surface area contributed by atoms with Crippen LogP contribution in [0.25, 0.3) is 5.57 Å². The number of ether oxygens (including phenoxy) is 1. The van der Waals surface area contributed by atoms with E-state index in [2.05, 4.69) is 0 Å². The Morgan fingerprint density at radius 1 is 1.08 bits per heavy atom. The molecule has 1 aliphatic heterocycles. The van der Waals surface area contributed by atoms with Crippen molar-refractivity contribution in [1.29, 1.82) is 0 Å². The van der Waals surface area contributed by atoms with Gasteiger partial charge in [-0.15, -0.1) is 11.3 Å². The maximum absolute atomic E-state index is 13.1. The van der Waals surface area contributed by atoms with Gasteiger partial charge in [-0.1, -0.05) is 24.3 Å². The summed E-state index contributed by atoms with van der Waals surface area (Å²) in [4.78, 5) is 30.0. The van der Waals surface area contributed by atoms with Crippen LogP contribution >= 0.6 is 11.3 Å². The second kappa shape index (κ2) is 8.29. The van der Waals surface area contributed by atoms with Gasteiger partial charge in [0.05, 0.1) is 5.57 Å². The molecule has 6 heteroatoms. The molecule has 2 aromatic rings. The number of carbonyl (C=O) groups excluding carboxylic acids is 2. The summed E-state index contributed by atoms with van der Waals surface area (Å²) < 4.78 is 5.34. The van der Waals surface area contributed by atoms with Gasteiger partial charge in [0.15, 0.2) is 0 Å². The number of amides is 2. The molecule has 1 aromatic carbocycles. The molecule has 26 heavy (non-hydrogen) atoms. The van der Waals surface area contributed by atoms with Gasteiger partial charge in [-0.3, -0.25) is 14.5 Å². The average Bonchev–Trinajstić information content (AvgIpc) is 3.26. The second-order valence-electron chi connectivity index (χ2n) is 5.91. The number of rotatable bonds is 8. The van der Waals surface area contributed by atoms with Gasteiger partial charge in [0, 0.05) is 37.4 Å². The van der Waals surface area contributed by atoms with Crippen LogP contribution in [-0.4, -0.2) is 43.5 Å². The Kier molecular flexibility index (Phi) is 5.85. The van der Waals surface area contributed by atoms with Gasteiger partial charge in [0.2, 0.25) is 0 Å². The van der Waals surface area contributed by atoms with Gasteiger partial charge in [-0.2, -0.15) is 0 Å². The first kappa shape index (κ1) is 18.4. The number of anilines is 1. The van der Waals surface area contributed by atoms with Crippen molar-refractivity contribution < 1.29 is 14.3 Å². The Morgan fingerprint density at radius 3 is 2.50 bits per heavy atom. The number of thiophene rings is 1. The van der Waals surface area contributed by atoms with Crippen molar-refractivity contribution >= 4 is 34.4 Å². The van der Waals surface area contributed by atoms with Crippen LogP contribution in [0.3, 0.4) is 0 Å². The number of carbonyl (C=O) groups is 2. The fourth-order valence-electron chi connectivity index (χ4n) is 2.97. The van der Waals surface area contributed by atoms with Crippen molar-refractivity contribution in [3.8, 4) is 0 Å². The van der Waals surface area contributed by atoms with E-state index in [1.807, 2.05) is 61.8 Å². The van der Waals surface area contributed by atoms with E-state index in [1.54, 1.807) is 4.90 Å². The first-order chi connectivity index (χ1) is 12.6. The molecular formula is C20H22N2O3S. The molecule has 2 amide bonds. The monoisotopic (exact) mass is 370 g/mol. The number of benzene rings is 1. The summed E-state index contributed by atoms with van der Waals surface area (Å²) in [6.07, 6.45) is 0.630. The Morgan fingerprint density at radius 2 is 1.85 bits per heavy atom. The molecule has 0 bridgehead atoms. The largest absolute Gasteiger partial charge is 0.382 e. The van der Waals surface area contributed by atoms with E-state index in [9.17, 15) is 9.59 Å². The zero-order chi connectivity index (χ0) is 18.5. The molecule has 0 fully saturated rings.